The van der Waals surface area contributed by atoms with Gasteiger partial charge in [0.25, 0.3) is 5.91 Å². The van der Waals surface area contributed by atoms with E-state index >= 15 is 0 Å². The molecule has 1 aliphatic rings. The number of aliphatic carboxylic acids is 1. The first kappa shape index (κ1) is 23.8. The zero-order valence-corrected chi connectivity index (χ0v) is 20.7. The molecule has 0 saturated carbocycles. The summed E-state index contributed by atoms with van der Waals surface area (Å²) in [6, 6.07) is 29.2. The number of benzene rings is 3. The lowest BCUT2D eigenvalue weighted by Gasteiger charge is -2.14. The lowest BCUT2D eigenvalue weighted by molar-refractivity contribution is -0.136. The largest absolute Gasteiger partial charge is 0.481 e. The summed E-state index contributed by atoms with van der Waals surface area (Å²) in [4.78, 5) is 25.9. The molecule has 0 radical (unpaired) electrons. The van der Waals surface area contributed by atoms with Crippen LogP contribution in [0.15, 0.2) is 100 Å². The predicted molar refractivity (Wildman–Crippen MR) is 146 cm³/mol. The molecule has 0 bridgehead atoms. The molecular weight excluding hydrogens is 490 g/mol. The van der Waals surface area contributed by atoms with Gasteiger partial charge in [-0.05, 0) is 34.4 Å². The van der Waals surface area contributed by atoms with Crippen molar-refractivity contribution < 1.29 is 19.1 Å². The summed E-state index contributed by atoms with van der Waals surface area (Å²) >= 11 is 6.69. The van der Waals surface area contributed by atoms with E-state index < -0.39 is 5.97 Å². The van der Waals surface area contributed by atoms with Crippen molar-refractivity contribution >= 4 is 46.3 Å². The second-order valence-corrected chi connectivity index (χ2v) is 9.98. The van der Waals surface area contributed by atoms with Gasteiger partial charge in [0.2, 0.25) is 0 Å². The van der Waals surface area contributed by atoms with Crippen molar-refractivity contribution in [3.8, 4) is 22.5 Å². The van der Waals surface area contributed by atoms with Gasteiger partial charge in [0.15, 0.2) is 0 Å². The molecule has 5 nitrogen and oxygen atoms in total. The van der Waals surface area contributed by atoms with Crippen LogP contribution in [0.5, 0.6) is 0 Å². The van der Waals surface area contributed by atoms with Gasteiger partial charge in [0.1, 0.15) is 15.8 Å². The van der Waals surface area contributed by atoms with E-state index in [1.807, 2.05) is 54.6 Å². The van der Waals surface area contributed by atoms with E-state index in [1.54, 1.807) is 23.1 Å². The van der Waals surface area contributed by atoms with Crippen LogP contribution in [0.25, 0.3) is 28.5 Å². The van der Waals surface area contributed by atoms with Gasteiger partial charge < -0.3 is 9.52 Å². The molecule has 1 aromatic heterocycles. The Morgan fingerprint density at radius 2 is 1.50 bits per heavy atom. The number of hydrogen-bond acceptors (Lipinski definition) is 5. The Bertz CT molecular complexity index is 1460. The average molecular weight is 512 g/mol. The number of carboxylic acids is 1. The molecule has 0 aliphatic carbocycles. The second-order valence-electron chi connectivity index (χ2n) is 8.30. The van der Waals surface area contributed by atoms with Crippen molar-refractivity contribution in [1.82, 2.24) is 4.90 Å². The molecule has 5 rings (SSSR count). The SMILES string of the molecule is O=C(O)Cc1ccc(CN2C(=O)/C(=C/c3ccc(-c4ccc(-c5ccccc5)cc4)o3)SC2=S)cc1. The minimum Gasteiger partial charge on any atom is -0.481 e. The highest BCUT2D eigenvalue weighted by atomic mass is 32.2. The van der Waals surface area contributed by atoms with E-state index in [4.69, 9.17) is 21.7 Å². The summed E-state index contributed by atoms with van der Waals surface area (Å²) in [7, 11) is 0. The molecule has 1 amide bonds. The molecular formula is C29H21NO4S2. The van der Waals surface area contributed by atoms with Crippen LogP contribution in [0, 0.1) is 0 Å². The van der Waals surface area contributed by atoms with Gasteiger partial charge in [0.05, 0.1) is 17.9 Å². The van der Waals surface area contributed by atoms with Crippen LogP contribution in [0.3, 0.4) is 0 Å². The van der Waals surface area contributed by atoms with Crippen molar-refractivity contribution in [3.05, 3.63) is 113 Å². The van der Waals surface area contributed by atoms with E-state index in [2.05, 4.69) is 24.3 Å². The molecule has 1 saturated heterocycles. The van der Waals surface area contributed by atoms with Crippen LogP contribution in [-0.4, -0.2) is 26.2 Å². The third-order valence-electron chi connectivity index (χ3n) is 5.77. The number of thiocarbonyl (C=S) groups is 1. The van der Waals surface area contributed by atoms with Crippen molar-refractivity contribution in [1.29, 1.82) is 0 Å². The van der Waals surface area contributed by atoms with E-state index in [1.165, 1.54) is 11.8 Å². The Hall–Kier alpha value is -3.94. The molecule has 4 aromatic rings. The fraction of sp³-hybridized carbons (Fsp3) is 0.0690. The summed E-state index contributed by atoms with van der Waals surface area (Å²) in [6.45, 7) is 0.326. The van der Waals surface area contributed by atoms with Gasteiger partial charge in [-0.25, -0.2) is 0 Å². The number of rotatable bonds is 7. The van der Waals surface area contributed by atoms with E-state index in [-0.39, 0.29) is 12.3 Å². The zero-order chi connectivity index (χ0) is 25.1. The van der Waals surface area contributed by atoms with Crippen molar-refractivity contribution in [2.75, 3.05) is 0 Å². The third kappa shape index (κ3) is 5.32. The molecule has 178 valence electrons. The van der Waals surface area contributed by atoms with Crippen LogP contribution < -0.4 is 0 Å². The average Bonchev–Trinajstić information content (AvgIpc) is 3.46. The number of carboxylic acid groups (broad SMARTS) is 1. The first-order valence-corrected chi connectivity index (χ1v) is 12.5. The molecule has 0 spiro atoms. The maximum Gasteiger partial charge on any atom is 0.307 e. The number of amides is 1. The maximum atomic E-state index is 13.0. The standard InChI is InChI=1S/C29H21NO4S2/c31-27(32)16-19-6-8-20(9-7-19)18-30-28(33)26(36-29(30)35)17-24-14-15-25(34-24)23-12-10-22(11-13-23)21-4-2-1-3-5-21/h1-15,17H,16,18H2,(H,31,32)/b26-17-. The molecule has 1 fully saturated rings. The molecule has 3 aromatic carbocycles. The highest BCUT2D eigenvalue weighted by molar-refractivity contribution is 8.26. The molecule has 7 heteroatoms. The Morgan fingerprint density at radius 3 is 2.19 bits per heavy atom. The molecule has 0 unspecified atom stereocenters. The van der Waals surface area contributed by atoms with Crippen molar-refractivity contribution in [3.63, 3.8) is 0 Å². The van der Waals surface area contributed by atoms with Gasteiger partial charge in [-0.1, -0.05) is 103 Å². The fourth-order valence-electron chi connectivity index (χ4n) is 3.93. The monoisotopic (exact) mass is 511 g/mol. The third-order valence-corrected chi connectivity index (χ3v) is 7.15. The minimum absolute atomic E-state index is 0.0353. The van der Waals surface area contributed by atoms with Gasteiger partial charge in [-0.15, -0.1) is 0 Å². The van der Waals surface area contributed by atoms with Gasteiger partial charge >= 0.3 is 5.97 Å². The summed E-state index contributed by atoms with van der Waals surface area (Å²) < 4.78 is 6.48. The topological polar surface area (TPSA) is 70.8 Å². The highest BCUT2D eigenvalue weighted by Gasteiger charge is 2.32. The van der Waals surface area contributed by atoms with E-state index in [0.29, 0.717) is 27.1 Å². The Morgan fingerprint density at radius 1 is 0.861 bits per heavy atom. The number of thioether (sulfide) groups is 1. The van der Waals surface area contributed by atoms with Gasteiger partial charge in [0, 0.05) is 11.6 Å². The molecule has 1 aliphatic heterocycles. The van der Waals surface area contributed by atoms with Crippen LogP contribution in [0.4, 0.5) is 0 Å². The molecule has 36 heavy (non-hydrogen) atoms. The number of hydrogen-bond donors (Lipinski definition) is 1. The first-order chi connectivity index (χ1) is 17.5. The zero-order valence-electron chi connectivity index (χ0n) is 19.1. The highest BCUT2D eigenvalue weighted by Crippen LogP contribution is 2.35. The number of nitrogens with zero attached hydrogens (tertiary/aromatic N) is 1. The normalized spacial score (nSPS) is 14.6. The van der Waals surface area contributed by atoms with E-state index in [0.717, 1.165) is 28.0 Å². The van der Waals surface area contributed by atoms with Crippen LogP contribution in [0.2, 0.25) is 0 Å². The maximum absolute atomic E-state index is 13.0. The number of carbonyl (C=O) groups is 2. The lowest BCUT2D eigenvalue weighted by atomic mass is 10.0. The van der Waals surface area contributed by atoms with Crippen molar-refractivity contribution in [2.24, 2.45) is 0 Å². The van der Waals surface area contributed by atoms with E-state index in [9.17, 15) is 9.59 Å². The summed E-state index contributed by atoms with van der Waals surface area (Å²) in [5.74, 6) is 0.244. The second kappa shape index (κ2) is 10.4. The lowest BCUT2D eigenvalue weighted by Crippen LogP contribution is -2.27. The van der Waals surface area contributed by atoms with Crippen molar-refractivity contribution in [2.45, 2.75) is 13.0 Å². The Balaban J connectivity index is 1.28. The van der Waals surface area contributed by atoms with Crippen LogP contribution in [-0.2, 0) is 22.6 Å². The predicted octanol–water partition coefficient (Wildman–Crippen LogP) is 6.64. The fourth-order valence-corrected chi connectivity index (χ4v) is 5.16. The Kier molecular flexibility index (Phi) is 6.84. The number of furan rings is 1. The van der Waals surface area contributed by atoms with Crippen LogP contribution >= 0.6 is 24.0 Å². The molecule has 0 atom stereocenters. The quantitative estimate of drug-likeness (QED) is 0.221. The van der Waals surface area contributed by atoms with Gasteiger partial charge in [-0.3, -0.25) is 14.5 Å². The molecule has 2 heterocycles. The van der Waals surface area contributed by atoms with Crippen LogP contribution in [0.1, 0.15) is 16.9 Å². The smallest absolute Gasteiger partial charge is 0.307 e. The summed E-state index contributed by atoms with van der Waals surface area (Å²) in [5.41, 5.74) is 4.82. The molecule has 1 N–H and O–H groups in total. The Labute approximate surface area is 218 Å². The van der Waals surface area contributed by atoms with Gasteiger partial charge in [-0.2, -0.15) is 0 Å². The minimum atomic E-state index is -0.880. The summed E-state index contributed by atoms with van der Waals surface area (Å²) in [5, 5.41) is 8.92. The first-order valence-electron chi connectivity index (χ1n) is 11.3. The summed E-state index contributed by atoms with van der Waals surface area (Å²) in [6.07, 6.45) is 1.68. The number of carbonyl (C=O) groups excluding carboxylic acids is 1.